The van der Waals surface area contributed by atoms with E-state index in [0.29, 0.717) is 31.5 Å². The fraction of sp³-hybridized carbons (Fsp3) is 0.600. The highest BCUT2D eigenvalue weighted by Gasteiger charge is 2.19. The molecule has 1 aromatic carbocycles. The van der Waals surface area contributed by atoms with Crippen LogP contribution in [0.3, 0.4) is 0 Å². The maximum absolute atomic E-state index is 11.8. The summed E-state index contributed by atoms with van der Waals surface area (Å²) in [6.45, 7) is 11.7. The number of carbonyl (C=O) groups excluding carboxylic acids is 1. The largest absolute Gasteiger partial charge is 0.357 e. The molecular formula is C20H32N4O. The van der Waals surface area contributed by atoms with Crippen LogP contribution in [0.4, 0.5) is 0 Å². The smallest absolute Gasteiger partial charge is 0.222 e. The van der Waals surface area contributed by atoms with Crippen LogP contribution in [-0.4, -0.2) is 35.9 Å². The molecule has 0 aromatic heterocycles. The number of benzene rings is 1. The van der Waals surface area contributed by atoms with E-state index < -0.39 is 0 Å². The first-order valence-electron chi connectivity index (χ1n) is 9.40. The zero-order chi connectivity index (χ0) is 18.2. The molecule has 1 atom stereocenters. The third-order valence-electron chi connectivity index (χ3n) is 4.66. The van der Waals surface area contributed by atoms with Crippen molar-refractivity contribution in [1.29, 1.82) is 0 Å². The van der Waals surface area contributed by atoms with Crippen LogP contribution in [0.25, 0.3) is 0 Å². The van der Waals surface area contributed by atoms with Crippen LogP contribution < -0.4 is 10.6 Å². The first kappa shape index (κ1) is 19.3. The lowest BCUT2D eigenvalue weighted by molar-refractivity contribution is -0.128. The van der Waals surface area contributed by atoms with Gasteiger partial charge in [0.2, 0.25) is 5.91 Å². The lowest BCUT2D eigenvalue weighted by atomic mass is 10.1. The average Bonchev–Trinajstić information content (AvgIpc) is 2.98. The van der Waals surface area contributed by atoms with Crippen LogP contribution in [0.5, 0.6) is 0 Å². The van der Waals surface area contributed by atoms with E-state index in [-0.39, 0.29) is 5.91 Å². The van der Waals surface area contributed by atoms with Crippen molar-refractivity contribution in [3.8, 4) is 0 Å². The van der Waals surface area contributed by atoms with E-state index in [4.69, 9.17) is 4.99 Å². The van der Waals surface area contributed by atoms with Crippen molar-refractivity contribution in [3.05, 3.63) is 35.4 Å². The van der Waals surface area contributed by atoms with Gasteiger partial charge in [0.25, 0.3) is 0 Å². The van der Waals surface area contributed by atoms with Gasteiger partial charge < -0.3 is 15.5 Å². The predicted octanol–water partition coefficient (Wildman–Crippen LogP) is 2.91. The Morgan fingerprint density at radius 2 is 2.04 bits per heavy atom. The van der Waals surface area contributed by atoms with Crippen molar-refractivity contribution in [2.45, 2.75) is 59.7 Å². The van der Waals surface area contributed by atoms with Crippen LogP contribution in [0, 0.1) is 5.92 Å². The Bertz CT molecular complexity index is 597. The summed E-state index contributed by atoms with van der Waals surface area (Å²) in [6, 6.07) is 8.75. The van der Waals surface area contributed by atoms with Crippen LogP contribution in [0.1, 0.15) is 51.7 Å². The Labute approximate surface area is 151 Å². The fourth-order valence-corrected chi connectivity index (χ4v) is 2.79. The van der Waals surface area contributed by atoms with Crippen LogP contribution in [0.15, 0.2) is 29.3 Å². The number of nitrogens with one attached hydrogen (secondary N) is 2. The lowest BCUT2D eigenvalue weighted by Gasteiger charge is -2.20. The van der Waals surface area contributed by atoms with E-state index in [2.05, 4.69) is 62.6 Å². The molecule has 2 rings (SSSR count). The van der Waals surface area contributed by atoms with Crippen molar-refractivity contribution in [2.75, 3.05) is 13.1 Å². The standard InChI is InChI=1S/C20H32N4O/c1-5-21-20(23-16(4)15(2)3)22-13-17-8-6-9-18(12-17)14-24-11-7-10-19(24)25/h6,8-9,12,15-16H,5,7,10-11,13-14H2,1-4H3,(H2,21,22,23). The van der Waals surface area contributed by atoms with E-state index in [9.17, 15) is 4.79 Å². The molecule has 138 valence electrons. The second kappa shape index (κ2) is 9.44. The van der Waals surface area contributed by atoms with Crippen molar-refractivity contribution in [1.82, 2.24) is 15.5 Å². The van der Waals surface area contributed by atoms with E-state index in [1.54, 1.807) is 0 Å². The summed E-state index contributed by atoms with van der Waals surface area (Å²) in [7, 11) is 0. The van der Waals surface area contributed by atoms with Crippen LogP contribution in [0.2, 0.25) is 0 Å². The number of amides is 1. The van der Waals surface area contributed by atoms with Gasteiger partial charge in [0.15, 0.2) is 5.96 Å². The minimum atomic E-state index is 0.268. The Morgan fingerprint density at radius 1 is 1.28 bits per heavy atom. The number of carbonyl (C=O) groups is 1. The number of nitrogens with zero attached hydrogens (tertiary/aromatic N) is 2. The van der Waals surface area contributed by atoms with Gasteiger partial charge in [-0.1, -0.05) is 38.1 Å². The van der Waals surface area contributed by atoms with Crippen LogP contribution >= 0.6 is 0 Å². The minimum absolute atomic E-state index is 0.268. The quantitative estimate of drug-likeness (QED) is 0.591. The third kappa shape index (κ3) is 6.07. The zero-order valence-electron chi connectivity index (χ0n) is 16.0. The molecule has 0 radical (unpaired) electrons. The first-order valence-corrected chi connectivity index (χ1v) is 9.40. The third-order valence-corrected chi connectivity index (χ3v) is 4.66. The second-order valence-corrected chi connectivity index (χ2v) is 7.11. The molecule has 0 bridgehead atoms. The second-order valence-electron chi connectivity index (χ2n) is 7.11. The van der Waals surface area contributed by atoms with Crippen molar-refractivity contribution < 1.29 is 4.79 Å². The number of rotatable bonds is 7. The summed E-state index contributed by atoms with van der Waals surface area (Å²) < 4.78 is 0. The molecule has 1 aliphatic rings. The Morgan fingerprint density at radius 3 is 2.68 bits per heavy atom. The van der Waals surface area contributed by atoms with Crippen molar-refractivity contribution in [3.63, 3.8) is 0 Å². The van der Waals surface area contributed by atoms with Gasteiger partial charge in [-0.15, -0.1) is 0 Å². The molecule has 1 fully saturated rings. The summed E-state index contributed by atoms with van der Waals surface area (Å²) in [4.78, 5) is 18.4. The van der Waals surface area contributed by atoms with E-state index in [0.717, 1.165) is 25.5 Å². The molecule has 1 aromatic rings. The van der Waals surface area contributed by atoms with Gasteiger partial charge in [0.05, 0.1) is 6.54 Å². The van der Waals surface area contributed by atoms with Gasteiger partial charge in [-0.05, 0) is 37.3 Å². The van der Waals surface area contributed by atoms with E-state index in [1.807, 2.05) is 4.90 Å². The molecule has 0 aliphatic carbocycles. The Hall–Kier alpha value is -2.04. The van der Waals surface area contributed by atoms with Crippen LogP contribution in [-0.2, 0) is 17.9 Å². The highest BCUT2D eigenvalue weighted by Crippen LogP contribution is 2.15. The zero-order valence-corrected chi connectivity index (χ0v) is 16.0. The highest BCUT2D eigenvalue weighted by molar-refractivity contribution is 5.80. The number of aliphatic imine (C=N–C) groups is 1. The van der Waals surface area contributed by atoms with Gasteiger partial charge in [-0.25, -0.2) is 4.99 Å². The molecule has 1 unspecified atom stereocenters. The number of likely N-dealkylation sites (tertiary alicyclic amines) is 1. The molecule has 0 spiro atoms. The molecule has 5 nitrogen and oxygen atoms in total. The SMILES string of the molecule is CCNC(=NCc1cccc(CN2CCCC2=O)c1)NC(C)C(C)C. The minimum Gasteiger partial charge on any atom is -0.357 e. The number of guanidine groups is 1. The molecule has 25 heavy (non-hydrogen) atoms. The molecule has 1 saturated heterocycles. The average molecular weight is 345 g/mol. The van der Waals surface area contributed by atoms with Gasteiger partial charge in [0.1, 0.15) is 0 Å². The lowest BCUT2D eigenvalue weighted by Crippen LogP contribution is -2.44. The highest BCUT2D eigenvalue weighted by atomic mass is 16.2. The number of hydrogen-bond acceptors (Lipinski definition) is 2. The summed E-state index contributed by atoms with van der Waals surface area (Å²) in [5.74, 6) is 1.67. The van der Waals surface area contributed by atoms with Crippen molar-refractivity contribution >= 4 is 11.9 Å². The monoisotopic (exact) mass is 344 g/mol. The first-order chi connectivity index (χ1) is 12.0. The summed E-state index contributed by atoms with van der Waals surface area (Å²) in [5, 5.41) is 6.76. The summed E-state index contributed by atoms with van der Waals surface area (Å²) in [5.41, 5.74) is 2.34. The molecule has 5 heteroatoms. The summed E-state index contributed by atoms with van der Waals surface area (Å²) in [6.07, 6.45) is 1.67. The normalized spacial score (nSPS) is 16.4. The fourth-order valence-electron chi connectivity index (χ4n) is 2.79. The Balaban J connectivity index is 2.00. The summed E-state index contributed by atoms with van der Waals surface area (Å²) >= 11 is 0. The van der Waals surface area contributed by atoms with Gasteiger partial charge >= 0.3 is 0 Å². The maximum Gasteiger partial charge on any atom is 0.222 e. The van der Waals surface area contributed by atoms with Crippen molar-refractivity contribution in [2.24, 2.45) is 10.9 Å². The predicted molar refractivity (Wildman–Crippen MR) is 103 cm³/mol. The molecule has 0 saturated carbocycles. The van der Waals surface area contributed by atoms with E-state index >= 15 is 0 Å². The van der Waals surface area contributed by atoms with Gasteiger partial charge in [-0.3, -0.25) is 4.79 Å². The topological polar surface area (TPSA) is 56.7 Å². The molecule has 1 amide bonds. The van der Waals surface area contributed by atoms with E-state index in [1.165, 1.54) is 11.1 Å². The molecule has 1 heterocycles. The van der Waals surface area contributed by atoms with Gasteiger partial charge in [0, 0.05) is 32.1 Å². The van der Waals surface area contributed by atoms with Gasteiger partial charge in [-0.2, -0.15) is 0 Å². The maximum atomic E-state index is 11.8. The molecule has 2 N–H and O–H groups in total. The Kier molecular flexibility index (Phi) is 7.29. The molecule has 1 aliphatic heterocycles. The molecular weight excluding hydrogens is 312 g/mol. The number of hydrogen-bond donors (Lipinski definition) is 2.